The summed E-state index contributed by atoms with van der Waals surface area (Å²) in [5.74, 6) is 0.705. The van der Waals surface area contributed by atoms with E-state index < -0.39 is 5.60 Å². The maximum absolute atomic E-state index is 10.7. The number of nitrogens with one attached hydrogen (secondary N) is 1. The number of benzene rings is 1. The Balaban J connectivity index is 2.59. The highest BCUT2D eigenvalue weighted by Crippen LogP contribution is 2.32. The van der Waals surface area contributed by atoms with Crippen molar-refractivity contribution >= 4 is 0 Å². The number of ether oxygens (including phenoxy) is 3. The van der Waals surface area contributed by atoms with Crippen LogP contribution in [0.5, 0.6) is 5.75 Å². The van der Waals surface area contributed by atoms with Gasteiger partial charge in [0.2, 0.25) is 0 Å². The van der Waals surface area contributed by atoms with E-state index in [1.807, 2.05) is 31.2 Å². The van der Waals surface area contributed by atoms with Crippen LogP contribution in [-0.4, -0.2) is 52.2 Å². The van der Waals surface area contributed by atoms with Gasteiger partial charge in [0.15, 0.2) is 0 Å². The quantitative estimate of drug-likeness (QED) is 0.607. The van der Waals surface area contributed by atoms with Crippen LogP contribution >= 0.6 is 0 Å². The van der Waals surface area contributed by atoms with Crippen LogP contribution in [0.25, 0.3) is 0 Å². The second-order valence-corrected chi connectivity index (χ2v) is 5.10. The molecule has 0 aliphatic rings. The van der Waals surface area contributed by atoms with E-state index in [0.29, 0.717) is 38.5 Å². The molecule has 21 heavy (non-hydrogen) atoms. The summed E-state index contributed by atoms with van der Waals surface area (Å²) in [6, 6.07) is 7.58. The summed E-state index contributed by atoms with van der Waals surface area (Å²) in [6.45, 7) is 4.95. The van der Waals surface area contributed by atoms with Gasteiger partial charge in [-0.1, -0.05) is 18.2 Å². The largest absolute Gasteiger partial charge is 0.491 e. The number of hydrogen-bond donors (Lipinski definition) is 2. The summed E-state index contributed by atoms with van der Waals surface area (Å²) in [5.41, 5.74) is -0.140. The van der Waals surface area contributed by atoms with E-state index >= 15 is 0 Å². The summed E-state index contributed by atoms with van der Waals surface area (Å²) in [6.07, 6.45) is 0.599. The monoisotopic (exact) mass is 297 g/mol. The van der Waals surface area contributed by atoms with E-state index in [9.17, 15) is 5.11 Å². The molecule has 0 saturated heterocycles. The average molecular weight is 297 g/mol. The van der Waals surface area contributed by atoms with Gasteiger partial charge in [0.25, 0.3) is 0 Å². The Morgan fingerprint density at radius 3 is 2.48 bits per heavy atom. The normalized spacial score (nSPS) is 13.9. The minimum atomic E-state index is -0.941. The van der Waals surface area contributed by atoms with Gasteiger partial charge in [0, 0.05) is 26.3 Å². The molecule has 5 heteroatoms. The molecule has 0 amide bonds. The lowest BCUT2D eigenvalue weighted by molar-refractivity contribution is 0.0433. The molecular weight excluding hydrogens is 270 g/mol. The molecule has 0 saturated carbocycles. The van der Waals surface area contributed by atoms with Gasteiger partial charge in [-0.2, -0.15) is 0 Å². The predicted molar refractivity (Wildman–Crippen MR) is 82.7 cm³/mol. The van der Waals surface area contributed by atoms with Crippen LogP contribution in [0.3, 0.4) is 0 Å². The lowest BCUT2D eigenvalue weighted by Crippen LogP contribution is -2.30. The van der Waals surface area contributed by atoms with Gasteiger partial charge >= 0.3 is 0 Å². The van der Waals surface area contributed by atoms with E-state index in [-0.39, 0.29) is 0 Å². The van der Waals surface area contributed by atoms with Crippen molar-refractivity contribution in [1.29, 1.82) is 0 Å². The Morgan fingerprint density at radius 2 is 1.76 bits per heavy atom. The fourth-order valence-electron chi connectivity index (χ4n) is 2.04. The first kappa shape index (κ1) is 17.9. The summed E-state index contributed by atoms with van der Waals surface area (Å²) in [4.78, 5) is 0. The van der Waals surface area contributed by atoms with E-state index in [1.54, 1.807) is 14.2 Å². The molecule has 120 valence electrons. The van der Waals surface area contributed by atoms with Gasteiger partial charge < -0.3 is 24.6 Å². The molecule has 1 atom stereocenters. The van der Waals surface area contributed by atoms with Crippen LogP contribution in [0, 0.1) is 0 Å². The smallest absolute Gasteiger partial charge is 0.125 e. The van der Waals surface area contributed by atoms with Crippen LogP contribution in [0.2, 0.25) is 0 Å². The average Bonchev–Trinajstić information content (AvgIpc) is 2.48. The topological polar surface area (TPSA) is 60.0 Å². The zero-order chi connectivity index (χ0) is 15.6. The standard InChI is InChI=1S/C16H27NO4/c1-16(18,8-9-17-10-11-19-2)14-6-4-5-7-15(14)21-13-12-20-3/h4-7,17-18H,8-13H2,1-3H3. The Morgan fingerprint density at radius 1 is 1.05 bits per heavy atom. The molecule has 0 aromatic heterocycles. The second-order valence-electron chi connectivity index (χ2n) is 5.10. The number of para-hydroxylation sites is 1. The second kappa shape index (κ2) is 9.73. The van der Waals surface area contributed by atoms with Crippen molar-refractivity contribution in [3.05, 3.63) is 29.8 Å². The van der Waals surface area contributed by atoms with Gasteiger partial charge in [-0.3, -0.25) is 0 Å². The van der Waals surface area contributed by atoms with E-state index in [1.165, 1.54) is 0 Å². The van der Waals surface area contributed by atoms with Gasteiger partial charge in [0.1, 0.15) is 12.4 Å². The Labute approximate surface area is 127 Å². The van der Waals surface area contributed by atoms with Crippen molar-refractivity contribution in [2.75, 3.05) is 47.1 Å². The zero-order valence-electron chi connectivity index (χ0n) is 13.2. The Bertz CT molecular complexity index is 396. The van der Waals surface area contributed by atoms with E-state index in [2.05, 4.69) is 5.32 Å². The van der Waals surface area contributed by atoms with Crippen molar-refractivity contribution in [1.82, 2.24) is 5.32 Å². The molecule has 1 aromatic carbocycles. The maximum atomic E-state index is 10.7. The predicted octanol–water partition coefficient (Wildman–Crippen LogP) is 1.55. The molecule has 0 aliphatic carbocycles. The van der Waals surface area contributed by atoms with E-state index in [4.69, 9.17) is 14.2 Å². The summed E-state index contributed by atoms with van der Waals surface area (Å²) in [5, 5.41) is 13.9. The Hall–Kier alpha value is -1.14. The highest BCUT2D eigenvalue weighted by Gasteiger charge is 2.26. The first-order chi connectivity index (χ1) is 10.1. The summed E-state index contributed by atoms with van der Waals surface area (Å²) >= 11 is 0. The fraction of sp³-hybridized carbons (Fsp3) is 0.625. The summed E-state index contributed by atoms with van der Waals surface area (Å²) in [7, 11) is 3.31. The van der Waals surface area contributed by atoms with Crippen LogP contribution in [0.1, 0.15) is 18.9 Å². The molecule has 1 aromatic rings. The van der Waals surface area contributed by atoms with Crippen LogP contribution < -0.4 is 10.1 Å². The third kappa shape index (κ3) is 6.44. The number of methoxy groups -OCH3 is 2. The first-order valence-electron chi connectivity index (χ1n) is 7.25. The molecule has 0 spiro atoms. The number of hydrogen-bond acceptors (Lipinski definition) is 5. The van der Waals surface area contributed by atoms with E-state index in [0.717, 1.165) is 12.1 Å². The van der Waals surface area contributed by atoms with Gasteiger partial charge in [-0.25, -0.2) is 0 Å². The SMILES string of the molecule is COCCNCCC(C)(O)c1ccccc1OCCOC. The molecule has 1 rings (SSSR count). The van der Waals surface area contributed by atoms with Crippen molar-refractivity contribution in [3.63, 3.8) is 0 Å². The van der Waals surface area contributed by atoms with Crippen LogP contribution in [0.15, 0.2) is 24.3 Å². The van der Waals surface area contributed by atoms with Gasteiger partial charge in [0.05, 0.1) is 18.8 Å². The van der Waals surface area contributed by atoms with Crippen molar-refractivity contribution in [2.45, 2.75) is 18.9 Å². The highest BCUT2D eigenvalue weighted by molar-refractivity contribution is 5.37. The molecule has 2 N–H and O–H groups in total. The fourth-order valence-corrected chi connectivity index (χ4v) is 2.04. The minimum Gasteiger partial charge on any atom is -0.491 e. The minimum absolute atomic E-state index is 0.468. The Kier molecular flexibility index (Phi) is 8.30. The molecule has 1 unspecified atom stereocenters. The lowest BCUT2D eigenvalue weighted by Gasteiger charge is -2.26. The molecule has 0 fully saturated rings. The van der Waals surface area contributed by atoms with Crippen LogP contribution in [0.4, 0.5) is 0 Å². The van der Waals surface area contributed by atoms with Crippen molar-refractivity contribution in [2.24, 2.45) is 0 Å². The molecule has 0 radical (unpaired) electrons. The molecule has 0 heterocycles. The maximum Gasteiger partial charge on any atom is 0.125 e. The third-order valence-electron chi connectivity index (χ3n) is 3.28. The van der Waals surface area contributed by atoms with Gasteiger partial charge in [-0.05, 0) is 26.0 Å². The number of rotatable bonds is 11. The lowest BCUT2D eigenvalue weighted by atomic mass is 9.91. The van der Waals surface area contributed by atoms with Crippen molar-refractivity contribution in [3.8, 4) is 5.75 Å². The molecule has 5 nitrogen and oxygen atoms in total. The number of aliphatic hydroxyl groups is 1. The third-order valence-corrected chi connectivity index (χ3v) is 3.28. The van der Waals surface area contributed by atoms with Gasteiger partial charge in [-0.15, -0.1) is 0 Å². The first-order valence-corrected chi connectivity index (χ1v) is 7.25. The zero-order valence-corrected chi connectivity index (χ0v) is 13.2. The molecule has 0 bridgehead atoms. The molecular formula is C16H27NO4. The van der Waals surface area contributed by atoms with Crippen LogP contribution in [-0.2, 0) is 15.1 Å². The summed E-state index contributed by atoms with van der Waals surface area (Å²) < 4.78 is 15.6. The highest BCUT2D eigenvalue weighted by atomic mass is 16.5. The molecule has 0 aliphatic heterocycles. The van der Waals surface area contributed by atoms with Crippen molar-refractivity contribution < 1.29 is 19.3 Å².